The number of hydrogen-bond donors (Lipinski definition) is 2. The summed E-state index contributed by atoms with van der Waals surface area (Å²) in [5.74, 6) is -1.25. The van der Waals surface area contributed by atoms with Gasteiger partial charge in [-0.15, -0.1) is 0 Å². The summed E-state index contributed by atoms with van der Waals surface area (Å²) in [6.45, 7) is 0.294. The van der Waals surface area contributed by atoms with Crippen LogP contribution >= 0.6 is 46.4 Å². The maximum atomic E-state index is 14.1. The van der Waals surface area contributed by atoms with Gasteiger partial charge >= 0.3 is 0 Å². The van der Waals surface area contributed by atoms with Crippen molar-refractivity contribution in [2.24, 2.45) is 0 Å². The third-order valence-electron chi connectivity index (χ3n) is 7.73. The highest BCUT2D eigenvalue weighted by Crippen LogP contribution is 2.47. The highest BCUT2D eigenvalue weighted by Gasteiger charge is 2.48. The fourth-order valence-corrected chi connectivity index (χ4v) is 6.99. The van der Waals surface area contributed by atoms with Crippen LogP contribution in [0.15, 0.2) is 60.7 Å². The summed E-state index contributed by atoms with van der Waals surface area (Å²) in [7, 11) is 0. The number of carbonyl (C=O) groups excluding carboxylic acids is 2. The fourth-order valence-electron chi connectivity index (χ4n) is 5.88. The Morgan fingerprint density at radius 1 is 0.897 bits per heavy atom. The average molecular weight is 606 g/mol. The molecule has 0 spiro atoms. The van der Waals surface area contributed by atoms with Crippen molar-refractivity contribution in [3.8, 4) is 0 Å². The van der Waals surface area contributed by atoms with Crippen LogP contribution in [0.3, 0.4) is 0 Å². The number of halogens is 4. The number of amides is 2. The van der Waals surface area contributed by atoms with Crippen LogP contribution in [-0.4, -0.2) is 40.5 Å². The molecule has 5 rings (SSSR count). The van der Waals surface area contributed by atoms with Gasteiger partial charge in [0.1, 0.15) is 0 Å². The summed E-state index contributed by atoms with van der Waals surface area (Å²) < 4.78 is 0. The second kappa shape index (κ2) is 12.1. The number of rotatable bonds is 6. The molecule has 1 aliphatic carbocycles. The number of fused-ring (bicyclic) bond motifs is 1. The van der Waals surface area contributed by atoms with E-state index in [4.69, 9.17) is 46.4 Å². The minimum Gasteiger partial charge on any atom is -0.391 e. The first kappa shape index (κ1) is 28.3. The van der Waals surface area contributed by atoms with Gasteiger partial charge in [-0.2, -0.15) is 0 Å². The Morgan fingerprint density at radius 2 is 1.62 bits per heavy atom. The van der Waals surface area contributed by atoms with Crippen LogP contribution in [0.4, 0.5) is 0 Å². The van der Waals surface area contributed by atoms with E-state index >= 15 is 0 Å². The lowest BCUT2D eigenvalue weighted by molar-refractivity contribution is -0.125. The number of aliphatic hydroxyl groups excluding tert-OH is 1. The van der Waals surface area contributed by atoms with Gasteiger partial charge in [-0.3, -0.25) is 9.59 Å². The smallest absolute Gasteiger partial charge is 0.255 e. The predicted molar refractivity (Wildman–Crippen MR) is 156 cm³/mol. The Kier molecular flexibility index (Phi) is 8.75. The van der Waals surface area contributed by atoms with Crippen molar-refractivity contribution in [3.05, 3.63) is 103 Å². The zero-order valence-corrected chi connectivity index (χ0v) is 24.1. The van der Waals surface area contributed by atoms with E-state index in [0.717, 1.165) is 18.4 Å². The van der Waals surface area contributed by atoms with E-state index in [0.29, 0.717) is 62.6 Å². The van der Waals surface area contributed by atoms with Crippen LogP contribution in [-0.2, 0) is 11.2 Å². The summed E-state index contributed by atoms with van der Waals surface area (Å²) in [6.07, 6.45) is 2.73. The van der Waals surface area contributed by atoms with Gasteiger partial charge in [0, 0.05) is 32.2 Å². The molecule has 1 aliphatic heterocycles. The van der Waals surface area contributed by atoms with Gasteiger partial charge in [-0.05, 0) is 66.3 Å². The Morgan fingerprint density at radius 3 is 2.33 bits per heavy atom. The van der Waals surface area contributed by atoms with Crippen LogP contribution in [0.5, 0.6) is 0 Å². The molecular weight excluding hydrogens is 578 g/mol. The van der Waals surface area contributed by atoms with E-state index in [2.05, 4.69) is 5.32 Å². The van der Waals surface area contributed by atoms with E-state index in [-0.39, 0.29) is 11.8 Å². The number of hydrogen-bond acceptors (Lipinski definition) is 3. The second-order valence-electron chi connectivity index (χ2n) is 10.0. The van der Waals surface area contributed by atoms with E-state index in [1.807, 2.05) is 12.1 Å². The minimum absolute atomic E-state index is 0.223. The molecule has 3 aromatic carbocycles. The van der Waals surface area contributed by atoms with Crippen molar-refractivity contribution < 1.29 is 14.7 Å². The molecule has 0 radical (unpaired) electrons. The number of benzene rings is 3. The summed E-state index contributed by atoms with van der Waals surface area (Å²) in [6, 6.07) is 16.4. The van der Waals surface area contributed by atoms with Gasteiger partial charge in [0.05, 0.1) is 24.1 Å². The molecule has 1 fully saturated rings. The monoisotopic (exact) mass is 604 g/mol. The number of aliphatic hydroxyl groups is 1. The summed E-state index contributed by atoms with van der Waals surface area (Å²) in [4.78, 5) is 29.8. The summed E-state index contributed by atoms with van der Waals surface area (Å²) >= 11 is 25.6. The molecule has 9 heteroatoms. The van der Waals surface area contributed by atoms with Crippen molar-refractivity contribution in [2.75, 3.05) is 6.54 Å². The van der Waals surface area contributed by atoms with Crippen LogP contribution in [0, 0.1) is 0 Å². The van der Waals surface area contributed by atoms with Crippen molar-refractivity contribution in [3.63, 3.8) is 0 Å². The first-order valence-corrected chi connectivity index (χ1v) is 14.5. The third kappa shape index (κ3) is 5.66. The lowest BCUT2D eigenvalue weighted by Crippen LogP contribution is -2.55. The minimum atomic E-state index is -0.770. The largest absolute Gasteiger partial charge is 0.391 e. The van der Waals surface area contributed by atoms with Crippen molar-refractivity contribution >= 4 is 58.2 Å². The Bertz CT molecular complexity index is 1380. The number of nitrogens with zero attached hydrogens (tertiary/aromatic N) is 1. The fraction of sp³-hybridized carbons (Fsp3) is 0.333. The standard InChI is InChI=1S/C30H28Cl4N2O3/c31-17-12-13-21(24(34)16-17)28-27(29(38)35-15-14-20-22(32)8-5-9-23(20)33)18-6-1-2-7-19(18)30(39)36(28)25-10-3-4-11-26(25)37/h1-2,5-9,12-13,16,25-28,37H,3-4,10-11,14-15H2,(H,35,38)/t25-,26-,27+,28-/m0/s1. The Hall–Kier alpha value is -2.28. The molecule has 0 aromatic heterocycles. The maximum absolute atomic E-state index is 14.1. The topological polar surface area (TPSA) is 69.6 Å². The molecule has 204 valence electrons. The van der Waals surface area contributed by atoms with Gasteiger partial charge in [0.25, 0.3) is 5.91 Å². The first-order chi connectivity index (χ1) is 18.8. The van der Waals surface area contributed by atoms with Crippen LogP contribution in [0.1, 0.15) is 64.7 Å². The van der Waals surface area contributed by atoms with Crippen LogP contribution in [0.25, 0.3) is 0 Å². The number of carbonyl (C=O) groups is 2. The summed E-state index contributed by atoms with van der Waals surface area (Å²) in [5, 5.41) is 16.0. The molecule has 3 aromatic rings. The molecule has 39 heavy (non-hydrogen) atoms. The zero-order valence-electron chi connectivity index (χ0n) is 21.0. The van der Waals surface area contributed by atoms with Crippen LogP contribution in [0.2, 0.25) is 20.1 Å². The SMILES string of the molecule is O=C(NCCc1c(Cl)cccc1Cl)[C@@H]1c2ccccc2C(=O)N([C@H]2CCCC[C@@H]2O)[C@H]1c1ccc(Cl)cc1Cl. The average Bonchev–Trinajstić information content (AvgIpc) is 2.91. The molecule has 5 nitrogen and oxygen atoms in total. The van der Waals surface area contributed by atoms with Crippen LogP contribution < -0.4 is 5.32 Å². The molecule has 2 amide bonds. The van der Waals surface area contributed by atoms with E-state index in [9.17, 15) is 14.7 Å². The van der Waals surface area contributed by atoms with Crippen molar-refractivity contribution in [1.82, 2.24) is 10.2 Å². The highest BCUT2D eigenvalue weighted by atomic mass is 35.5. The van der Waals surface area contributed by atoms with E-state index < -0.39 is 24.1 Å². The quantitative estimate of drug-likeness (QED) is 0.311. The lowest BCUT2D eigenvalue weighted by Gasteiger charge is -2.48. The highest BCUT2D eigenvalue weighted by molar-refractivity contribution is 6.36. The molecule has 0 saturated heterocycles. The van der Waals surface area contributed by atoms with Gasteiger partial charge in [-0.25, -0.2) is 0 Å². The Labute approximate surface area is 248 Å². The normalized spacial score (nSPS) is 22.9. The van der Waals surface area contributed by atoms with Gasteiger partial charge in [-0.1, -0.05) is 89.6 Å². The molecule has 1 saturated carbocycles. The van der Waals surface area contributed by atoms with Gasteiger partial charge in [0.15, 0.2) is 0 Å². The molecule has 0 bridgehead atoms. The van der Waals surface area contributed by atoms with Gasteiger partial charge in [0.2, 0.25) is 5.91 Å². The molecule has 2 aliphatic rings. The lowest BCUT2D eigenvalue weighted by atomic mass is 9.76. The van der Waals surface area contributed by atoms with Gasteiger partial charge < -0.3 is 15.3 Å². The first-order valence-electron chi connectivity index (χ1n) is 13.0. The molecular formula is C30H28Cl4N2O3. The third-order valence-corrected chi connectivity index (χ3v) is 9.00. The molecule has 0 unspecified atom stereocenters. The maximum Gasteiger partial charge on any atom is 0.255 e. The second-order valence-corrected chi connectivity index (χ2v) is 11.7. The summed E-state index contributed by atoms with van der Waals surface area (Å²) in [5.41, 5.74) is 2.43. The Balaban J connectivity index is 1.56. The predicted octanol–water partition coefficient (Wildman–Crippen LogP) is 7.24. The number of nitrogens with one attached hydrogen (secondary N) is 1. The van der Waals surface area contributed by atoms with E-state index in [1.54, 1.807) is 53.4 Å². The molecule has 2 N–H and O–H groups in total. The van der Waals surface area contributed by atoms with E-state index in [1.165, 1.54) is 0 Å². The molecule has 1 heterocycles. The molecule has 4 atom stereocenters. The van der Waals surface area contributed by atoms with Crippen molar-refractivity contribution in [2.45, 2.75) is 56.2 Å². The van der Waals surface area contributed by atoms with Crippen molar-refractivity contribution in [1.29, 1.82) is 0 Å². The zero-order chi connectivity index (χ0) is 27.7.